The molecule has 59 heavy (non-hydrogen) atoms. The number of hydrogen-bond acceptors (Lipinski definition) is 12. The van der Waals surface area contributed by atoms with Gasteiger partial charge in [0.15, 0.2) is 5.60 Å². The quantitative estimate of drug-likeness (QED) is 0.0969. The first-order chi connectivity index (χ1) is 28.5. The molecule has 3 N–H and O–H groups in total. The predicted molar refractivity (Wildman–Crippen MR) is 220 cm³/mol. The van der Waals surface area contributed by atoms with E-state index in [4.69, 9.17) is 28.4 Å². The van der Waals surface area contributed by atoms with E-state index in [2.05, 4.69) is 18.7 Å². The number of ether oxygens (including phenoxy) is 6. The second-order valence-corrected chi connectivity index (χ2v) is 18.9. The molecule has 7 rings (SSSR count). The summed E-state index contributed by atoms with van der Waals surface area (Å²) in [6.07, 6.45) is 8.61. The van der Waals surface area contributed by atoms with Crippen LogP contribution in [0.25, 0.3) is 0 Å². The van der Waals surface area contributed by atoms with Gasteiger partial charge in [0.05, 0.1) is 30.5 Å². The van der Waals surface area contributed by atoms with Crippen LogP contribution in [-0.4, -0.2) is 134 Å². The van der Waals surface area contributed by atoms with E-state index in [1.807, 2.05) is 6.07 Å². The fraction of sp³-hybridized carbons (Fsp3) is 0.830. The summed E-state index contributed by atoms with van der Waals surface area (Å²) in [5.74, 6) is -3.47. The average molecular weight is 828 g/mol. The van der Waals surface area contributed by atoms with Crippen LogP contribution in [0.5, 0.6) is 0 Å². The van der Waals surface area contributed by atoms with Gasteiger partial charge in [-0.15, -0.1) is 0 Å². The molecule has 1 saturated heterocycles. The number of benzene rings is 1. The molecule has 1 heterocycles. The first-order valence-corrected chi connectivity index (χ1v) is 22.9. The zero-order chi connectivity index (χ0) is 42.2. The van der Waals surface area contributed by atoms with Crippen LogP contribution >= 0.6 is 0 Å². The van der Waals surface area contributed by atoms with E-state index in [-0.39, 0.29) is 31.4 Å². The number of carbonyl (C=O) groups is 2. The van der Waals surface area contributed by atoms with E-state index < -0.39 is 88.3 Å². The van der Waals surface area contributed by atoms with Gasteiger partial charge in [0.25, 0.3) is 0 Å². The number of nitrogens with zero attached hydrogens (tertiary/aromatic N) is 1. The Hall–Kier alpha value is -2.16. The van der Waals surface area contributed by atoms with Gasteiger partial charge in [-0.2, -0.15) is 0 Å². The third kappa shape index (κ3) is 6.93. The Kier molecular flexibility index (Phi) is 13.9. The topological polar surface area (TPSA) is 153 Å². The highest BCUT2D eigenvalue weighted by atomic mass is 16.6. The summed E-state index contributed by atoms with van der Waals surface area (Å²) >= 11 is 0. The summed E-state index contributed by atoms with van der Waals surface area (Å²) in [4.78, 5) is 31.0. The van der Waals surface area contributed by atoms with Gasteiger partial charge in [0, 0.05) is 82.5 Å². The Morgan fingerprint density at radius 2 is 1.46 bits per heavy atom. The minimum absolute atomic E-state index is 0.0880. The zero-order valence-corrected chi connectivity index (χ0v) is 36.5. The zero-order valence-electron chi connectivity index (χ0n) is 36.5. The van der Waals surface area contributed by atoms with Crippen LogP contribution in [0.3, 0.4) is 0 Å². The van der Waals surface area contributed by atoms with Gasteiger partial charge >= 0.3 is 11.9 Å². The molecule has 1 unspecified atom stereocenters. The Labute approximate surface area is 352 Å². The van der Waals surface area contributed by atoms with Crippen LogP contribution in [0, 0.1) is 34.5 Å². The normalized spacial score (nSPS) is 41.5. The number of methoxy groups -OCH3 is 4. The molecular formula is C47H73NO11. The first-order valence-electron chi connectivity index (χ1n) is 22.9. The lowest BCUT2D eigenvalue weighted by molar-refractivity contribution is -0.323. The van der Waals surface area contributed by atoms with Crippen molar-refractivity contribution in [2.75, 3.05) is 48.1 Å². The molecule has 6 fully saturated rings. The number of hydrogen-bond donors (Lipinski definition) is 3. The lowest BCUT2D eigenvalue weighted by atomic mass is 9.42. The van der Waals surface area contributed by atoms with E-state index in [0.717, 1.165) is 19.3 Å². The Morgan fingerprint density at radius 3 is 2.03 bits per heavy atom. The SMILES string of the molecule is CCCCCCCCCCCCCCC(=O)O[C@]12[C@H]3[C@@H](OC(=O)c4ccccc4)[C@](O)(C[C@H]3[C@@]34C5[C@@H]1[C@H](OC)[C@@H]3[C@](COC)(CN5CC)[C@H](O)C[C@@H]4OC)[C@@H](OC)[C@@H]2O. The van der Waals surface area contributed by atoms with Gasteiger partial charge < -0.3 is 43.7 Å². The summed E-state index contributed by atoms with van der Waals surface area (Å²) in [7, 11) is 6.41. The van der Waals surface area contributed by atoms with Gasteiger partial charge in [0.2, 0.25) is 0 Å². The molecule has 1 aliphatic heterocycles. The lowest BCUT2D eigenvalue weighted by Crippen LogP contribution is -2.81. The van der Waals surface area contributed by atoms with Gasteiger partial charge in [-0.1, -0.05) is 103 Å². The smallest absolute Gasteiger partial charge is 0.338 e. The number of piperidine rings is 1. The molecule has 5 saturated carbocycles. The second-order valence-electron chi connectivity index (χ2n) is 18.9. The molecule has 332 valence electrons. The molecule has 5 aliphatic carbocycles. The standard InChI is InChI=1S/C47H73NO11/c1-7-9-10-11-12-13-14-15-16-17-18-22-25-34(50)59-47-35-31(27-45(53,42(57-6)40(47)51)41(35)58-43(52)30-23-20-19-21-24-30)46-33(55-4)26-32(49)44(29-54-3)28-48(8-2)39(46)36(47)37(56-5)38(44)46/h19-21,23-24,31-33,35-42,49,51,53H,7-18,22,25-29H2,1-6H3/t31-,32-,33+,35-,36+,37+,38-,39?,40+,41-,42+,44+,45-,46+,47-/m1/s1. The van der Waals surface area contributed by atoms with Gasteiger partial charge in [-0.05, 0) is 37.4 Å². The lowest BCUT2D eigenvalue weighted by Gasteiger charge is -2.70. The molecule has 0 radical (unpaired) electrons. The number of carbonyl (C=O) groups excluding carboxylic acids is 2. The van der Waals surface area contributed by atoms with Crippen LogP contribution in [0.15, 0.2) is 30.3 Å². The van der Waals surface area contributed by atoms with E-state index in [0.29, 0.717) is 31.5 Å². The molecule has 1 aromatic rings. The Balaban J connectivity index is 1.26. The van der Waals surface area contributed by atoms with E-state index in [1.54, 1.807) is 45.6 Å². The largest absolute Gasteiger partial charge is 0.455 e. The maximum Gasteiger partial charge on any atom is 0.338 e. The highest BCUT2D eigenvalue weighted by Gasteiger charge is 2.92. The minimum Gasteiger partial charge on any atom is -0.455 e. The molecule has 0 amide bonds. The molecule has 1 spiro atoms. The molecule has 15 atom stereocenters. The van der Waals surface area contributed by atoms with Crippen molar-refractivity contribution >= 4 is 11.9 Å². The molecule has 1 aromatic carbocycles. The van der Waals surface area contributed by atoms with Crippen molar-refractivity contribution in [2.24, 2.45) is 34.5 Å². The third-order valence-corrected chi connectivity index (χ3v) is 16.4. The highest BCUT2D eigenvalue weighted by Crippen LogP contribution is 2.80. The van der Waals surface area contributed by atoms with Crippen molar-refractivity contribution in [3.05, 3.63) is 35.9 Å². The van der Waals surface area contributed by atoms with Crippen LogP contribution in [-0.2, 0) is 33.2 Å². The maximum atomic E-state index is 14.5. The van der Waals surface area contributed by atoms with E-state index >= 15 is 0 Å². The Bertz CT molecular complexity index is 1580. The second kappa shape index (κ2) is 18.3. The number of aliphatic hydroxyl groups is 3. The molecular weight excluding hydrogens is 755 g/mol. The first kappa shape index (κ1) is 44.9. The van der Waals surface area contributed by atoms with Crippen LogP contribution in [0.4, 0.5) is 0 Å². The molecule has 12 heteroatoms. The van der Waals surface area contributed by atoms with Gasteiger partial charge in [-0.25, -0.2) is 4.79 Å². The van der Waals surface area contributed by atoms with Crippen molar-refractivity contribution in [1.82, 2.24) is 4.90 Å². The van der Waals surface area contributed by atoms with E-state index in [1.165, 1.54) is 58.5 Å². The summed E-state index contributed by atoms with van der Waals surface area (Å²) in [5.41, 5.74) is -4.82. The van der Waals surface area contributed by atoms with Crippen molar-refractivity contribution < 1.29 is 53.3 Å². The predicted octanol–water partition coefficient (Wildman–Crippen LogP) is 5.72. The highest BCUT2D eigenvalue weighted by molar-refractivity contribution is 5.89. The number of unbranched alkanes of at least 4 members (excludes halogenated alkanes) is 11. The molecule has 12 nitrogen and oxygen atoms in total. The van der Waals surface area contributed by atoms with Crippen molar-refractivity contribution in [1.29, 1.82) is 0 Å². The van der Waals surface area contributed by atoms with Crippen molar-refractivity contribution in [3.8, 4) is 0 Å². The summed E-state index contributed by atoms with van der Waals surface area (Å²) in [5, 5.41) is 38.3. The van der Waals surface area contributed by atoms with Crippen molar-refractivity contribution in [3.63, 3.8) is 0 Å². The summed E-state index contributed by atoms with van der Waals surface area (Å²) < 4.78 is 38.7. The monoisotopic (exact) mass is 828 g/mol. The Morgan fingerprint density at radius 1 is 0.814 bits per heavy atom. The maximum absolute atomic E-state index is 14.5. The van der Waals surface area contributed by atoms with Crippen LogP contribution in [0.1, 0.15) is 121 Å². The molecule has 6 aliphatic rings. The number of rotatable bonds is 22. The van der Waals surface area contributed by atoms with Gasteiger partial charge in [-0.3, -0.25) is 9.69 Å². The fourth-order valence-electron chi connectivity index (χ4n) is 14.4. The summed E-state index contributed by atoms with van der Waals surface area (Å²) in [6.45, 7) is 5.67. The third-order valence-electron chi connectivity index (χ3n) is 16.4. The number of esters is 2. The molecule has 0 aromatic heterocycles. The summed E-state index contributed by atoms with van der Waals surface area (Å²) in [6, 6.07) is 8.32. The number of fused-ring (bicyclic) bond motifs is 2. The fourth-order valence-corrected chi connectivity index (χ4v) is 14.4. The molecule has 7 bridgehead atoms. The van der Waals surface area contributed by atoms with Crippen LogP contribution < -0.4 is 0 Å². The van der Waals surface area contributed by atoms with Crippen LogP contribution in [0.2, 0.25) is 0 Å². The van der Waals surface area contributed by atoms with Crippen molar-refractivity contribution in [2.45, 2.75) is 164 Å². The van der Waals surface area contributed by atoms with E-state index in [9.17, 15) is 24.9 Å². The van der Waals surface area contributed by atoms with Gasteiger partial charge in [0.1, 0.15) is 23.9 Å². The average Bonchev–Trinajstić information content (AvgIpc) is 3.61. The number of likely N-dealkylation sites (tertiary alicyclic amines) is 1. The number of aliphatic hydroxyl groups excluding tert-OH is 2. The minimum atomic E-state index is -1.84.